The summed E-state index contributed by atoms with van der Waals surface area (Å²) in [5.74, 6) is 0.638. The number of carboxylic acid groups (broad SMARTS) is 1. The molecular formula is C18H34O2. The lowest BCUT2D eigenvalue weighted by Crippen LogP contribution is -2.30. The maximum Gasteiger partial charge on any atom is 0.306 e. The molecule has 0 bridgehead atoms. The van der Waals surface area contributed by atoms with Gasteiger partial charge in [0.1, 0.15) is 0 Å². The van der Waals surface area contributed by atoms with Crippen LogP contribution < -0.4 is 0 Å². The van der Waals surface area contributed by atoms with Crippen LogP contribution in [-0.2, 0) is 4.79 Å². The summed E-state index contributed by atoms with van der Waals surface area (Å²) in [5, 5.41) is 9.40. The van der Waals surface area contributed by atoms with Crippen molar-refractivity contribution in [2.45, 2.75) is 90.9 Å². The van der Waals surface area contributed by atoms with E-state index in [9.17, 15) is 9.90 Å². The Labute approximate surface area is 125 Å². The highest BCUT2D eigenvalue weighted by atomic mass is 16.4. The van der Waals surface area contributed by atoms with E-state index in [0.29, 0.717) is 5.92 Å². The van der Waals surface area contributed by atoms with Crippen molar-refractivity contribution in [2.75, 3.05) is 0 Å². The summed E-state index contributed by atoms with van der Waals surface area (Å²) in [4.78, 5) is 11.4. The van der Waals surface area contributed by atoms with Crippen molar-refractivity contribution in [3.63, 3.8) is 0 Å². The summed E-state index contributed by atoms with van der Waals surface area (Å²) in [6.45, 7) is 4.49. The van der Waals surface area contributed by atoms with Gasteiger partial charge in [-0.25, -0.2) is 0 Å². The first-order valence-corrected chi connectivity index (χ1v) is 8.91. The minimum Gasteiger partial charge on any atom is -0.481 e. The van der Waals surface area contributed by atoms with Crippen LogP contribution >= 0.6 is 0 Å². The van der Waals surface area contributed by atoms with Crippen molar-refractivity contribution >= 4 is 5.97 Å². The van der Waals surface area contributed by atoms with Gasteiger partial charge in [-0.1, -0.05) is 65.2 Å². The Morgan fingerprint density at radius 2 is 1.65 bits per heavy atom. The van der Waals surface area contributed by atoms with E-state index < -0.39 is 5.97 Å². The van der Waals surface area contributed by atoms with Gasteiger partial charge in [-0.2, -0.15) is 0 Å². The molecule has 1 aliphatic rings. The van der Waals surface area contributed by atoms with E-state index in [-0.39, 0.29) is 5.92 Å². The van der Waals surface area contributed by atoms with Gasteiger partial charge in [0.2, 0.25) is 0 Å². The molecule has 0 saturated heterocycles. The van der Waals surface area contributed by atoms with Gasteiger partial charge < -0.3 is 5.11 Å². The first-order chi connectivity index (χ1) is 9.69. The van der Waals surface area contributed by atoms with Crippen molar-refractivity contribution in [1.82, 2.24) is 0 Å². The lowest BCUT2D eigenvalue weighted by atomic mass is 9.71. The van der Waals surface area contributed by atoms with Crippen LogP contribution in [0, 0.1) is 17.8 Å². The maximum atomic E-state index is 11.4. The van der Waals surface area contributed by atoms with E-state index in [1.54, 1.807) is 0 Å². The standard InChI is InChI=1S/C18H34O2/c1-3-5-6-7-8-9-11-16-14-15(10-4-2)12-13-17(16)18(19)20/h15-17H,3-14H2,1-2H3,(H,19,20). The number of rotatable bonds is 10. The molecule has 1 aliphatic carbocycles. The number of hydrogen-bond donors (Lipinski definition) is 1. The first kappa shape index (κ1) is 17.5. The lowest BCUT2D eigenvalue weighted by molar-refractivity contribution is -0.145. The van der Waals surface area contributed by atoms with Crippen LogP contribution in [0.25, 0.3) is 0 Å². The normalized spacial score (nSPS) is 26.6. The summed E-state index contributed by atoms with van der Waals surface area (Å²) in [6, 6.07) is 0. The summed E-state index contributed by atoms with van der Waals surface area (Å²) in [6.07, 6.45) is 14.7. The van der Waals surface area contributed by atoms with Gasteiger partial charge in [-0.15, -0.1) is 0 Å². The second kappa shape index (κ2) is 10.2. The Morgan fingerprint density at radius 1 is 0.950 bits per heavy atom. The number of hydrogen-bond acceptors (Lipinski definition) is 1. The lowest BCUT2D eigenvalue weighted by Gasteiger charge is -2.34. The first-order valence-electron chi connectivity index (χ1n) is 8.91. The molecule has 0 aromatic rings. The van der Waals surface area contributed by atoms with Gasteiger partial charge in [-0.3, -0.25) is 4.79 Å². The average Bonchev–Trinajstić information content (AvgIpc) is 2.43. The summed E-state index contributed by atoms with van der Waals surface area (Å²) < 4.78 is 0. The molecule has 1 N–H and O–H groups in total. The fourth-order valence-electron chi connectivity index (χ4n) is 3.86. The van der Waals surface area contributed by atoms with E-state index in [2.05, 4.69) is 13.8 Å². The molecule has 2 nitrogen and oxygen atoms in total. The van der Waals surface area contributed by atoms with Crippen LogP contribution in [0.1, 0.15) is 90.9 Å². The van der Waals surface area contributed by atoms with E-state index >= 15 is 0 Å². The molecule has 0 aliphatic heterocycles. The van der Waals surface area contributed by atoms with Gasteiger partial charge in [-0.05, 0) is 37.5 Å². The Bertz CT molecular complexity index is 262. The SMILES string of the molecule is CCCCCCCCC1CC(CCC)CCC1C(=O)O. The van der Waals surface area contributed by atoms with Crippen LogP contribution in [0.5, 0.6) is 0 Å². The quantitative estimate of drug-likeness (QED) is 0.525. The third kappa shape index (κ3) is 6.28. The van der Waals surface area contributed by atoms with Crippen molar-refractivity contribution in [2.24, 2.45) is 17.8 Å². The van der Waals surface area contributed by atoms with Crippen LogP contribution in [0.15, 0.2) is 0 Å². The molecule has 0 aromatic heterocycles. The van der Waals surface area contributed by atoms with E-state index in [0.717, 1.165) is 25.2 Å². The Morgan fingerprint density at radius 3 is 2.30 bits per heavy atom. The highest BCUT2D eigenvalue weighted by Gasteiger charge is 2.33. The van der Waals surface area contributed by atoms with E-state index in [4.69, 9.17) is 0 Å². The third-order valence-corrected chi connectivity index (χ3v) is 5.03. The van der Waals surface area contributed by atoms with Gasteiger partial charge in [0.05, 0.1) is 5.92 Å². The Balaban J connectivity index is 2.30. The van der Waals surface area contributed by atoms with Gasteiger partial charge >= 0.3 is 5.97 Å². The largest absolute Gasteiger partial charge is 0.481 e. The van der Waals surface area contributed by atoms with Crippen molar-refractivity contribution in [3.8, 4) is 0 Å². The number of carbonyl (C=O) groups is 1. The maximum absolute atomic E-state index is 11.4. The minimum absolute atomic E-state index is 0.0567. The molecule has 0 heterocycles. The molecule has 0 spiro atoms. The van der Waals surface area contributed by atoms with Crippen LogP contribution in [0.2, 0.25) is 0 Å². The van der Waals surface area contributed by atoms with Gasteiger partial charge in [0.25, 0.3) is 0 Å². The smallest absolute Gasteiger partial charge is 0.306 e. The van der Waals surface area contributed by atoms with Crippen molar-refractivity contribution in [1.29, 1.82) is 0 Å². The molecule has 0 amide bonds. The summed E-state index contributed by atoms with van der Waals surface area (Å²) in [5.41, 5.74) is 0. The molecule has 1 rings (SSSR count). The van der Waals surface area contributed by atoms with Crippen molar-refractivity contribution < 1.29 is 9.90 Å². The third-order valence-electron chi connectivity index (χ3n) is 5.03. The predicted octanol–water partition coefficient (Wildman–Crippen LogP) is 5.65. The van der Waals surface area contributed by atoms with Gasteiger partial charge in [0, 0.05) is 0 Å². The fraction of sp³-hybridized carbons (Fsp3) is 0.944. The summed E-state index contributed by atoms with van der Waals surface area (Å²) in [7, 11) is 0. The molecule has 0 radical (unpaired) electrons. The average molecular weight is 282 g/mol. The van der Waals surface area contributed by atoms with Crippen LogP contribution in [0.4, 0.5) is 0 Å². The zero-order valence-corrected chi connectivity index (χ0v) is 13.6. The number of aliphatic carboxylic acids is 1. The molecule has 118 valence electrons. The van der Waals surface area contributed by atoms with Crippen molar-refractivity contribution in [3.05, 3.63) is 0 Å². The topological polar surface area (TPSA) is 37.3 Å². The zero-order chi connectivity index (χ0) is 14.8. The predicted molar refractivity (Wildman–Crippen MR) is 84.9 cm³/mol. The number of unbranched alkanes of at least 4 members (excludes halogenated alkanes) is 5. The molecule has 0 aromatic carbocycles. The fourth-order valence-corrected chi connectivity index (χ4v) is 3.86. The van der Waals surface area contributed by atoms with E-state index in [1.807, 2.05) is 0 Å². The molecule has 3 unspecified atom stereocenters. The minimum atomic E-state index is -0.545. The van der Waals surface area contributed by atoms with Crippen LogP contribution in [0.3, 0.4) is 0 Å². The second-order valence-corrected chi connectivity index (χ2v) is 6.73. The molecule has 3 atom stereocenters. The zero-order valence-electron chi connectivity index (χ0n) is 13.6. The Hall–Kier alpha value is -0.530. The van der Waals surface area contributed by atoms with Crippen LogP contribution in [-0.4, -0.2) is 11.1 Å². The molecule has 2 heteroatoms. The molecular weight excluding hydrogens is 248 g/mol. The van der Waals surface area contributed by atoms with Gasteiger partial charge in [0.15, 0.2) is 0 Å². The molecule has 1 saturated carbocycles. The number of carboxylic acids is 1. The molecule has 1 fully saturated rings. The highest BCUT2D eigenvalue weighted by molar-refractivity contribution is 5.70. The van der Waals surface area contributed by atoms with E-state index in [1.165, 1.54) is 57.8 Å². The highest BCUT2D eigenvalue weighted by Crippen LogP contribution is 2.39. The summed E-state index contributed by atoms with van der Waals surface area (Å²) >= 11 is 0. The second-order valence-electron chi connectivity index (χ2n) is 6.73. The Kier molecular flexibility index (Phi) is 8.97. The molecule has 20 heavy (non-hydrogen) atoms. The monoisotopic (exact) mass is 282 g/mol.